The zero-order valence-corrected chi connectivity index (χ0v) is 17.2. The van der Waals surface area contributed by atoms with Gasteiger partial charge in [0.15, 0.2) is 22.7 Å². The van der Waals surface area contributed by atoms with Gasteiger partial charge in [-0.25, -0.2) is 13.8 Å². The van der Waals surface area contributed by atoms with Gasteiger partial charge in [0.1, 0.15) is 0 Å². The molecule has 154 valence electrons. The van der Waals surface area contributed by atoms with E-state index in [9.17, 15) is 8.78 Å². The number of benzene rings is 2. The number of rotatable bonds is 2. The first kappa shape index (κ1) is 20.4. The molecule has 3 aromatic rings. The van der Waals surface area contributed by atoms with Crippen LogP contribution in [0.4, 0.5) is 20.2 Å². The number of ether oxygens (including phenoxy) is 2. The first-order valence-electron chi connectivity index (χ1n) is 9.41. The fourth-order valence-electron chi connectivity index (χ4n) is 3.73. The minimum Gasteiger partial charge on any atom is -1.00 e. The molecule has 2 aliphatic heterocycles. The maximum Gasteiger partial charge on any atom is 0.262 e. The number of fused-ring (bicyclic) bond motifs is 2. The van der Waals surface area contributed by atoms with Gasteiger partial charge in [0.05, 0.1) is 26.4 Å². The van der Waals surface area contributed by atoms with Crippen LogP contribution in [0, 0.1) is 11.6 Å². The second-order valence-electron chi connectivity index (χ2n) is 6.96. The molecule has 0 saturated carbocycles. The van der Waals surface area contributed by atoms with E-state index in [0.29, 0.717) is 35.8 Å². The molecule has 2 aromatic carbocycles. The Labute approximate surface area is 177 Å². The molecular weight excluding hydrogens is 420 g/mol. The summed E-state index contributed by atoms with van der Waals surface area (Å²) in [5.74, 6) is -0.845. The molecule has 0 atom stereocenters. The molecule has 5 rings (SSSR count). The molecule has 0 radical (unpaired) electrons. The van der Waals surface area contributed by atoms with E-state index in [0.717, 1.165) is 37.6 Å². The van der Waals surface area contributed by atoms with Gasteiger partial charge in [-0.2, -0.15) is 0 Å². The Morgan fingerprint density at radius 1 is 0.724 bits per heavy atom. The van der Waals surface area contributed by atoms with Gasteiger partial charge in [-0.3, -0.25) is 0 Å². The molecule has 5 nitrogen and oxygen atoms in total. The van der Waals surface area contributed by atoms with Crippen LogP contribution in [0.15, 0.2) is 24.3 Å². The Morgan fingerprint density at radius 2 is 1.14 bits per heavy atom. The van der Waals surface area contributed by atoms with Crippen LogP contribution in [-0.2, 0) is 9.47 Å². The van der Waals surface area contributed by atoms with E-state index in [2.05, 4.69) is 14.8 Å². The molecule has 3 heterocycles. The van der Waals surface area contributed by atoms with Crippen molar-refractivity contribution in [2.24, 2.45) is 0 Å². The van der Waals surface area contributed by atoms with Crippen molar-refractivity contribution >= 4 is 43.1 Å². The first-order valence-corrected chi connectivity index (χ1v) is 10.2. The highest BCUT2D eigenvalue weighted by molar-refractivity contribution is 7.24. The van der Waals surface area contributed by atoms with Crippen molar-refractivity contribution in [1.29, 1.82) is 0 Å². The summed E-state index contributed by atoms with van der Waals surface area (Å²) in [6.07, 6.45) is 0. The van der Waals surface area contributed by atoms with Crippen LogP contribution < -0.4 is 22.2 Å². The predicted octanol–water partition coefficient (Wildman–Crippen LogP) is 0.686. The lowest BCUT2D eigenvalue weighted by Crippen LogP contribution is -3.00. The third kappa shape index (κ3) is 3.94. The van der Waals surface area contributed by atoms with Gasteiger partial charge >= 0.3 is 0 Å². The Hall–Kier alpha value is -1.87. The summed E-state index contributed by atoms with van der Waals surface area (Å²) in [5.41, 5.74) is 2.06. The Balaban J connectivity index is 0.00000205. The van der Waals surface area contributed by atoms with Crippen molar-refractivity contribution in [3.63, 3.8) is 0 Å². The van der Waals surface area contributed by atoms with Gasteiger partial charge in [0.2, 0.25) is 11.3 Å². The monoisotopic (exact) mass is 439 g/mol. The summed E-state index contributed by atoms with van der Waals surface area (Å²) in [6.45, 7) is 5.44. The van der Waals surface area contributed by atoms with Crippen LogP contribution in [0.2, 0.25) is 0 Å². The number of halogens is 3. The number of morpholine rings is 2. The smallest absolute Gasteiger partial charge is 0.262 e. The van der Waals surface area contributed by atoms with E-state index in [1.807, 2.05) is 12.1 Å². The zero-order chi connectivity index (χ0) is 19.1. The molecule has 0 bridgehead atoms. The summed E-state index contributed by atoms with van der Waals surface area (Å²) in [4.78, 5) is 8.53. The number of hydrogen-bond acceptors (Lipinski definition) is 5. The molecule has 2 saturated heterocycles. The van der Waals surface area contributed by atoms with Crippen molar-refractivity contribution in [2.45, 2.75) is 0 Å². The maximum absolute atomic E-state index is 14.8. The number of nitrogens with zero attached hydrogens (tertiary/aromatic N) is 3. The third-order valence-electron chi connectivity index (χ3n) is 5.22. The fourth-order valence-corrected chi connectivity index (χ4v) is 4.81. The number of anilines is 2. The van der Waals surface area contributed by atoms with E-state index in [4.69, 9.17) is 9.47 Å². The van der Waals surface area contributed by atoms with E-state index in [1.54, 1.807) is 0 Å². The average Bonchev–Trinajstić information content (AvgIpc) is 2.74. The van der Waals surface area contributed by atoms with Crippen LogP contribution in [0.5, 0.6) is 0 Å². The number of hydrogen-bond donors (Lipinski definition) is 0. The lowest BCUT2D eigenvalue weighted by molar-refractivity contribution is -0.00000807. The molecule has 29 heavy (non-hydrogen) atoms. The topological polar surface area (TPSA) is 37.8 Å². The van der Waals surface area contributed by atoms with Crippen LogP contribution in [0.1, 0.15) is 0 Å². The molecule has 0 unspecified atom stereocenters. The molecule has 0 N–H and O–H groups in total. The molecule has 2 fully saturated rings. The Bertz CT molecular complexity index is 964. The molecule has 9 heteroatoms. The van der Waals surface area contributed by atoms with Crippen LogP contribution in [0.25, 0.3) is 20.4 Å². The Kier molecular flexibility index (Phi) is 5.96. The lowest BCUT2D eigenvalue weighted by atomic mass is 10.2. The largest absolute Gasteiger partial charge is 1.00 e. The van der Waals surface area contributed by atoms with Gasteiger partial charge in [-0.1, -0.05) is 0 Å². The van der Waals surface area contributed by atoms with Crippen molar-refractivity contribution in [3.8, 4) is 0 Å². The highest BCUT2D eigenvalue weighted by Gasteiger charge is 2.24. The molecule has 0 spiro atoms. The highest BCUT2D eigenvalue weighted by atomic mass is 35.5. The van der Waals surface area contributed by atoms with Crippen molar-refractivity contribution in [2.75, 3.05) is 62.4 Å². The second kappa shape index (κ2) is 8.47. The summed E-state index contributed by atoms with van der Waals surface area (Å²) >= 11 is 1.38. The predicted molar refractivity (Wildman–Crippen MR) is 108 cm³/mol. The average molecular weight is 440 g/mol. The second-order valence-corrected chi connectivity index (χ2v) is 8.05. The van der Waals surface area contributed by atoms with E-state index >= 15 is 0 Å². The molecule has 0 amide bonds. The molecule has 1 aromatic heterocycles. The van der Waals surface area contributed by atoms with E-state index < -0.39 is 11.6 Å². The molecule has 2 aliphatic rings. The minimum absolute atomic E-state index is 0. The first-order chi connectivity index (χ1) is 13.7. The summed E-state index contributed by atoms with van der Waals surface area (Å²) in [6, 6.07) is 6.86. The maximum atomic E-state index is 14.8. The number of aromatic nitrogens is 1. The normalized spacial score (nSPS) is 17.6. The van der Waals surface area contributed by atoms with E-state index in [-0.39, 0.29) is 23.4 Å². The molecule has 0 aliphatic carbocycles. The fraction of sp³-hybridized carbons (Fsp3) is 0.400. The molecular formula is C20H20ClF2N3O2S. The lowest BCUT2D eigenvalue weighted by Gasteiger charge is -2.28. The van der Waals surface area contributed by atoms with Crippen LogP contribution >= 0.6 is 11.3 Å². The zero-order valence-electron chi connectivity index (χ0n) is 15.7. The van der Waals surface area contributed by atoms with Crippen molar-refractivity contribution in [3.05, 3.63) is 35.9 Å². The third-order valence-corrected chi connectivity index (χ3v) is 6.28. The van der Waals surface area contributed by atoms with Gasteiger partial charge in [0.25, 0.3) is 9.40 Å². The minimum atomic E-state index is -0.422. The van der Waals surface area contributed by atoms with Gasteiger partial charge < -0.3 is 31.7 Å². The van der Waals surface area contributed by atoms with Crippen molar-refractivity contribution in [1.82, 2.24) is 4.98 Å². The SMILES string of the molecule is Fc1cc(N2CCOCC2)cc2[s+]c3cc(N4CCOCC4)cc(F)c3nc12.[Cl-]. The van der Waals surface area contributed by atoms with Crippen molar-refractivity contribution < 1.29 is 30.7 Å². The van der Waals surface area contributed by atoms with E-state index in [1.165, 1.54) is 23.5 Å². The van der Waals surface area contributed by atoms with Gasteiger partial charge in [0, 0.05) is 49.7 Å². The summed E-state index contributed by atoms with van der Waals surface area (Å²) in [5, 5.41) is 0. The highest BCUT2D eigenvalue weighted by Crippen LogP contribution is 2.34. The van der Waals surface area contributed by atoms with Gasteiger partial charge in [-0.15, -0.1) is 0 Å². The van der Waals surface area contributed by atoms with Gasteiger partial charge in [-0.05, 0) is 12.1 Å². The van der Waals surface area contributed by atoms with Crippen LogP contribution in [0.3, 0.4) is 0 Å². The summed E-state index contributed by atoms with van der Waals surface area (Å²) in [7, 11) is 0. The standard InChI is InChI=1S/C20H20F2N3O2S.ClH/c21-15-9-13(24-1-5-26-6-2-24)11-17-19(15)23-20-16(22)10-14(12-18(20)28-17)25-3-7-27-8-4-25;/h9-12H,1-8H2;1H/q+1;/p-1. The Morgan fingerprint density at radius 3 is 1.55 bits per heavy atom. The van der Waals surface area contributed by atoms with Crippen LogP contribution in [-0.4, -0.2) is 57.6 Å². The summed E-state index contributed by atoms with van der Waals surface area (Å²) < 4.78 is 41.7. The quantitative estimate of drug-likeness (QED) is 0.434.